The second-order valence-corrected chi connectivity index (χ2v) is 9.15. The molecule has 0 amide bonds. The van der Waals surface area contributed by atoms with Crippen LogP contribution in [-0.4, -0.2) is 25.9 Å². The summed E-state index contributed by atoms with van der Waals surface area (Å²) in [7, 11) is 0. The first kappa shape index (κ1) is 20.4. The van der Waals surface area contributed by atoms with Crippen molar-refractivity contribution in [2.45, 2.75) is 11.5 Å². The lowest BCUT2D eigenvalue weighted by molar-refractivity contribution is 0.263. The highest BCUT2D eigenvalue weighted by atomic mass is 16.6. The molecule has 1 unspecified atom stereocenters. The van der Waals surface area contributed by atoms with Gasteiger partial charge in [-0.25, -0.2) is 0 Å². The van der Waals surface area contributed by atoms with Crippen molar-refractivity contribution in [3.63, 3.8) is 0 Å². The van der Waals surface area contributed by atoms with Crippen LogP contribution in [0, 0.1) is 0 Å². The van der Waals surface area contributed by atoms with Crippen molar-refractivity contribution in [3.05, 3.63) is 131 Å². The van der Waals surface area contributed by atoms with Gasteiger partial charge in [0.1, 0.15) is 37.1 Å². The molecule has 0 bridgehead atoms. The van der Waals surface area contributed by atoms with Gasteiger partial charge in [0.15, 0.2) is 5.76 Å². The second kappa shape index (κ2) is 8.03. The Morgan fingerprint density at radius 3 is 1.83 bits per heavy atom. The molecule has 4 aromatic carbocycles. The highest BCUT2D eigenvalue weighted by molar-refractivity contribution is 5.86. The van der Waals surface area contributed by atoms with E-state index in [-0.39, 0.29) is 6.10 Å². The SMILES string of the molecule is C(/Oc1ccc(C2(c3ccc(OCC4CO4)cc3)c3ccccc3-c3ccccc32)cc1)=C1/CO1. The van der Waals surface area contributed by atoms with E-state index in [0.29, 0.717) is 13.2 Å². The van der Waals surface area contributed by atoms with Crippen LogP contribution in [0.15, 0.2) is 109 Å². The van der Waals surface area contributed by atoms with Crippen molar-refractivity contribution in [1.29, 1.82) is 0 Å². The summed E-state index contributed by atoms with van der Waals surface area (Å²) in [5.41, 5.74) is 7.05. The third-order valence-corrected chi connectivity index (χ3v) is 7.00. The number of epoxide rings is 2. The van der Waals surface area contributed by atoms with Crippen molar-refractivity contribution in [2.75, 3.05) is 19.8 Å². The lowest BCUT2D eigenvalue weighted by Crippen LogP contribution is -2.28. The fourth-order valence-corrected chi connectivity index (χ4v) is 5.21. The lowest BCUT2D eigenvalue weighted by atomic mass is 9.68. The minimum atomic E-state index is -0.443. The summed E-state index contributed by atoms with van der Waals surface area (Å²) in [6.45, 7) is 2.04. The van der Waals surface area contributed by atoms with Crippen molar-refractivity contribution < 1.29 is 18.9 Å². The van der Waals surface area contributed by atoms with Crippen molar-refractivity contribution in [3.8, 4) is 22.6 Å². The number of fused-ring (bicyclic) bond motifs is 3. The zero-order valence-electron chi connectivity index (χ0n) is 19.1. The predicted octanol–water partition coefficient (Wildman–Crippen LogP) is 6.08. The Bertz CT molecular complexity index is 1360. The molecule has 3 aliphatic rings. The lowest BCUT2D eigenvalue weighted by Gasteiger charge is -2.34. The number of ether oxygens (including phenoxy) is 4. The summed E-state index contributed by atoms with van der Waals surface area (Å²) in [6.07, 6.45) is 1.91. The summed E-state index contributed by atoms with van der Waals surface area (Å²) < 4.78 is 22.1. The largest absolute Gasteiger partial charge is 0.491 e. The molecule has 172 valence electrons. The Kier molecular flexibility index (Phi) is 4.67. The molecule has 0 aromatic heterocycles. The number of hydrogen-bond donors (Lipinski definition) is 0. The van der Waals surface area contributed by atoms with Crippen LogP contribution < -0.4 is 9.47 Å². The van der Waals surface area contributed by atoms with E-state index < -0.39 is 5.41 Å². The van der Waals surface area contributed by atoms with Gasteiger partial charge in [-0.05, 0) is 57.6 Å². The minimum Gasteiger partial charge on any atom is -0.491 e. The van der Waals surface area contributed by atoms with E-state index in [9.17, 15) is 0 Å². The van der Waals surface area contributed by atoms with Crippen LogP contribution in [-0.2, 0) is 14.9 Å². The van der Waals surface area contributed by atoms with E-state index in [1.807, 2.05) is 12.1 Å². The molecule has 2 heterocycles. The summed E-state index contributed by atoms with van der Waals surface area (Å²) in [4.78, 5) is 0. The quantitative estimate of drug-likeness (QED) is 0.218. The van der Waals surface area contributed by atoms with Gasteiger partial charge in [-0.1, -0.05) is 72.8 Å². The molecule has 7 rings (SSSR count). The van der Waals surface area contributed by atoms with Gasteiger partial charge in [-0.15, -0.1) is 0 Å². The van der Waals surface area contributed by atoms with E-state index in [1.165, 1.54) is 33.4 Å². The molecular weight excluding hydrogens is 436 g/mol. The molecule has 2 fully saturated rings. The van der Waals surface area contributed by atoms with Crippen LogP contribution in [0.1, 0.15) is 22.3 Å². The Morgan fingerprint density at radius 2 is 1.29 bits per heavy atom. The molecule has 4 aromatic rings. The average molecular weight is 461 g/mol. The number of hydrogen-bond acceptors (Lipinski definition) is 4. The predicted molar refractivity (Wildman–Crippen MR) is 134 cm³/mol. The summed E-state index contributed by atoms with van der Waals surface area (Å²) >= 11 is 0. The topological polar surface area (TPSA) is 43.5 Å². The van der Waals surface area contributed by atoms with Gasteiger partial charge in [0, 0.05) is 0 Å². The highest BCUT2D eigenvalue weighted by Crippen LogP contribution is 2.56. The number of rotatable bonds is 7. The molecule has 0 N–H and O–H groups in total. The standard InChI is InChI=1S/C31H24O4/c1-3-7-29-27(5-1)28-6-2-4-8-30(28)31(29,21-9-13-23(14-10-21)32-17-25-19-34-25)22-11-15-24(16-12-22)33-18-26-20-35-26/h1-17,26H,18-20H2/b25-17+. The molecule has 4 heteroatoms. The minimum absolute atomic E-state index is 0.234. The van der Waals surface area contributed by atoms with E-state index in [2.05, 4.69) is 84.9 Å². The molecular formula is C31H24O4. The third-order valence-electron chi connectivity index (χ3n) is 7.00. The van der Waals surface area contributed by atoms with E-state index in [4.69, 9.17) is 18.9 Å². The van der Waals surface area contributed by atoms with Crippen LogP contribution in [0.3, 0.4) is 0 Å². The van der Waals surface area contributed by atoms with Gasteiger partial charge < -0.3 is 18.9 Å². The summed E-state index contributed by atoms with van der Waals surface area (Å²) in [5, 5.41) is 0. The maximum atomic E-state index is 5.93. The van der Waals surface area contributed by atoms with Gasteiger partial charge in [0.2, 0.25) is 0 Å². The molecule has 0 saturated carbocycles. The first-order valence-corrected chi connectivity index (χ1v) is 12.0. The fraction of sp³-hybridized carbons (Fsp3) is 0.161. The van der Waals surface area contributed by atoms with Gasteiger partial charge in [0.05, 0.1) is 12.0 Å². The van der Waals surface area contributed by atoms with Crippen molar-refractivity contribution >= 4 is 0 Å². The maximum Gasteiger partial charge on any atom is 0.169 e. The van der Waals surface area contributed by atoms with Gasteiger partial charge in [-0.3, -0.25) is 0 Å². The van der Waals surface area contributed by atoms with Crippen LogP contribution in [0.4, 0.5) is 0 Å². The molecule has 35 heavy (non-hydrogen) atoms. The smallest absolute Gasteiger partial charge is 0.169 e. The van der Waals surface area contributed by atoms with Gasteiger partial charge >= 0.3 is 0 Å². The van der Waals surface area contributed by atoms with Crippen molar-refractivity contribution in [1.82, 2.24) is 0 Å². The van der Waals surface area contributed by atoms with Gasteiger partial charge in [-0.2, -0.15) is 0 Å². The van der Waals surface area contributed by atoms with Crippen LogP contribution in [0.25, 0.3) is 11.1 Å². The fourth-order valence-electron chi connectivity index (χ4n) is 5.21. The highest BCUT2D eigenvalue weighted by Gasteiger charge is 2.45. The van der Waals surface area contributed by atoms with Crippen molar-refractivity contribution in [2.24, 2.45) is 0 Å². The van der Waals surface area contributed by atoms with Crippen LogP contribution in [0.5, 0.6) is 11.5 Å². The Morgan fingerprint density at radius 1 is 0.743 bits per heavy atom. The molecule has 2 saturated heterocycles. The maximum absolute atomic E-state index is 5.93. The van der Waals surface area contributed by atoms with E-state index in [1.54, 1.807) is 6.26 Å². The first-order chi connectivity index (χ1) is 17.3. The van der Waals surface area contributed by atoms with E-state index in [0.717, 1.165) is 23.9 Å². The zero-order chi connectivity index (χ0) is 23.2. The Labute approximate surface area is 204 Å². The molecule has 0 spiro atoms. The first-order valence-electron chi connectivity index (χ1n) is 12.0. The Balaban J connectivity index is 1.37. The van der Waals surface area contributed by atoms with Crippen LogP contribution >= 0.6 is 0 Å². The third kappa shape index (κ3) is 3.49. The molecule has 1 atom stereocenters. The average Bonchev–Trinajstić information content (AvgIpc) is 3.85. The normalized spacial score (nSPS) is 19.4. The molecule has 2 aliphatic heterocycles. The monoisotopic (exact) mass is 460 g/mol. The van der Waals surface area contributed by atoms with Gasteiger partial charge in [0.25, 0.3) is 0 Å². The summed E-state index contributed by atoms with van der Waals surface area (Å²) in [6, 6.07) is 34.4. The number of benzene rings is 4. The zero-order valence-corrected chi connectivity index (χ0v) is 19.1. The molecule has 4 nitrogen and oxygen atoms in total. The summed E-state index contributed by atoms with van der Waals surface area (Å²) in [5.74, 6) is 2.52. The Hall–Kier alpha value is -4.02. The van der Waals surface area contributed by atoms with E-state index >= 15 is 0 Å². The molecule has 0 radical (unpaired) electrons. The molecule has 1 aliphatic carbocycles. The second-order valence-electron chi connectivity index (χ2n) is 9.15. The van der Waals surface area contributed by atoms with Crippen LogP contribution in [0.2, 0.25) is 0 Å².